The molecule has 0 fully saturated rings. The van der Waals surface area contributed by atoms with Gasteiger partial charge in [0.25, 0.3) is 0 Å². The third-order valence-electron chi connectivity index (χ3n) is 6.26. The summed E-state index contributed by atoms with van der Waals surface area (Å²) in [6.07, 6.45) is 32.6. The molecule has 3 heteroatoms. The predicted octanol–water partition coefficient (Wildman–Crippen LogP) is 10.3. The Balaban J connectivity index is 2.98. The van der Waals surface area contributed by atoms with Crippen LogP contribution in [0.3, 0.4) is 0 Å². The Bertz CT molecular complexity index is 268. The van der Waals surface area contributed by atoms with Crippen LogP contribution in [0.2, 0.25) is 0 Å². The molecule has 31 heavy (non-hydrogen) atoms. The van der Waals surface area contributed by atoms with Crippen molar-refractivity contribution in [1.82, 2.24) is 0 Å². The Kier molecular flexibility index (Phi) is 29.8. The van der Waals surface area contributed by atoms with Crippen LogP contribution >= 0.6 is 0 Å². The summed E-state index contributed by atoms with van der Waals surface area (Å²) in [7, 11) is 0. The first-order valence-corrected chi connectivity index (χ1v) is 14.3. The molecule has 0 aromatic heterocycles. The lowest BCUT2D eigenvalue weighted by molar-refractivity contribution is -0.512. The topological polar surface area (TPSA) is 27.7 Å². The van der Waals surface area contributed by atoms with Crippen LogP contribution in [0.25, 0.3) is 0 Å². The standard InChI is InChI=1S/C28H58O3/c1-3-5-7-9-11-13-15-17-19-21-23-25-27-29-31-30-28-26-24-22-20-18-16-14-12-10-8-6-4-2/h3-28H2,1-2H3. The molecule has 3 nitrogen and oxygen atoms in total. The Labute approximate surface area is 196 Å². The molecule has 0 aliphatic carbocycles. The maximum Gasteiger partial charge on any atom is 0.0853 e. The maximum atomic E-state index is 5.11. The fraction of sp³-hybridized carbons (Fsp3) is 1.00. The van der Waals surface area contributed by atoms with E-state index in [1.165, 1.54) is 141 Å². The summed E-state index contributed by atoms with van der Waals surface area (Å²) in [5.74, 6) is 0. The largest absolute Gasteiger partial charge is 0.206 e. The lowest BCUT2D eigenvalue weighted by Crippen LogP contribution is -2.00. The fourth-order valence-corrected chi connectivity index (χ4v) is 4.11. The van der Waals surface area contributed by atoms with Crippen LogP contribution in [0.5, 0.6) is 0 Å². The van der Waals surface area contributed by atoms with Gasteiger partial charge in [-0.3, -0.25) is 0 Å². The predicted molar refractivity (Wildman–Crippen MR) is 135 cm³/mol. The summed E-state index contributed by atoms with van der Waals surface area (Å²) in [6.45, 7) is 5.86. The van der Waals surface area contributed by atoms with Gasteiger partial charge in [0, 0.05) is 0 Å². The molecule has 0 saturated carbocycles. The highest BCUT2D eigenvalue weighted by Crippen LogP contribution is 2.13. The molecule has 0 spiro atoms. The van der Waals surface area contributed by atoms with Crippen molar-refractivity contribution in [1.29, 1.82) is 0 Å². The van der Waals surface area contributed by atoms with Crippen molar-refractivity contribution in [3.63, 3.8) is 0 Å². The summed E-state index contributed by atoms with van der Waals surface area (Å²) in [5.41, 5.74) is 0. The van der Waals surface area contributed by atoms with Crippen molar-refractivity contribution in [3.05, 3.63) is 0 Å². The monoisotopic (exact) mass is 442 g/mol. The summed E-state index contributed by atoms with van der Waals surface area (Å²) in [6, 6.07) is 0. The molecule has 0 bridgehead atoms. The van der Waals surface area contributed by atoms with Gasteiger partial charge < -0.3 is 0 Å². The second kappa shape index (κ2) is 29.9. The van der Waals surface area contributed by atoms with Crippen molar-refractivity contribution in [2.24, 2.45) is 0 Å². The minimum atomic E-state index is 0.649. The van der Waals surface area contributed by atoms with Gasteiger partial charge in [-0.1, -0.05) is 160 Å². The van der Waals surface area contributed by atoms with Gasteiger partial charge in [0.05, 0.1) is 13.2 Å². The first-order chi connectivity index (χ1) is 15.4. The number of hydrogen-bond donors (Lipinski definition) is 0. The maximum absolute atomic E-state index is 5.11. The summed E-state index contributed by atoms with van der Waals surface area (Å²) < 4.78 is 0. The third kappa shape index (κ3) is 29.9. The van der Waals surface area contributed by atoms with E-state index in [0.29, 0.717) is 13.2 Å². The zero-order valence-corrected chi connectivity index (χ0v) is 21.6. The molecular weight excluding hydrogens is 384 g/mol. The first kappa shape index (κ1) is 30.9. The van der Waals surface area contributed by atoms with Gasteiger partial charge in [0.2, 0.25) is 0 Å². The molecule has 0 amide bonds. The molecule has 0 saturated heterocycles. The van der Waals surface area contributed by atoms with Gasteiger partial charge in [-0.15, -0.1) is 0 Å². The third-order valence-corrected chi connectivity index (χ3v) is 6.26. The van der Waals surface area contributed by atoms with E-state index in [1.807, 2.05) is 0 Å². The second-order valence-corrected chi connectivity index (χ2v) is 9.49. The van der Waals surface area contributed by atoms with Gasteiger partial charge in [0.15, 0.2) is 0 Å². The van der Waals surface area contributed by atoms with Crippen LogP contribution in [-0.2, 0) is 14.8 Å². The molecular formula is C28H58O3. The van der Waals surface area contributed by atoms with E-state index >= 15 is 0 Å². The molecule has 188 valence electrons. The lowest BCUT2D eigenvalue weighted by Gasteiger charge is -2.05. The molecule has 0 N–H and O–H groups in total. The fourth-order valence-electron chi connectivity index (χ4n) is 4.11. The summed E-state index contributed by atoms with van der Waals surface area (Å²) in [5, 5.41) is 4.83. The molecule has 0 aromatic carbocycles. The molecule has 0 atom stereocenters. The van der Waals surface area contributed by atoms with Crippen LogP contribution in [0.4, 0.5) is 0 Å². The molecule has 0 aromatic rings. The Hall–Kier alpha value is -0.120. The Morgan fingerprint density at radius 1 is 0.290 bits per heavy atom. The first-order valence-electron chi connectivity index (χ1n) is 14.3. The number of hydrogen-bond acceptors (Lipinski definition) is 3. The zero-order valence-electron chi connectivity index (χ0n) is 21.6. The van der Waals surface area contributed by atoms with E-state index in [4.69, 9.17) is 14.8 Å². The SMILES string of the molecule is CCCCCCCCCCCCCCOOOCCCCCCCCCCCCCC. The average Bonchev–Trinajstić information content (AvgIpc) is 2.78. The van der Waals surface area contributed by atoms with E-state index in [9.17, 15) is 0 Å². The molecule has 0 heterocycles. The van der Waals surface area contributed by atoms with Gasteiger partial charge in [-0.25, -0.2) is 9.78 Å². The number of unbranched alkanes of at least 4 members (excludes halogenated alkanes) is 22. The normalized spacial score (nSPS) is 11.4. The molecule has 0 aliphatic rings. The minimum absolute atomic E-state index is 0.649. The van der Waals surface area contributed by atoms with Crippen LogP contribution in [0, 0.1) is 0 Å². The van der Waals surface area contributed by atoms with Crippen LogP contribution in [0.15, 0.2) is 0 Å². The van der Waals surface area contributed by atoms with Crippen molar-refractivity contribution >= 4 is 0 Å². The van der Waals surface area contributed by atoms with E-state index in [0.717, 1.165) is 12.8 Å². The van der Waals surface area contributed by atoms with Crippen LogP contribution < -0.4 is 0 Å². The van der Waals surface area contributed by atoms with Crippen molar-refractivity contribution in [3.8, 4) is 0 Å². The highest BCUT2D eigenvalue weighted by molar-refractivity contribution is 4.49. The van der Waals surface area contributed by atoms with Gasteiger partial charge in [0.1, 0.15) is 0 Å². The second-order valence-electron chi connectivity index (χ2n) is 9.49. The molecule has 0 radical (unpaired) electrons. The van der Waals surface area contributed by atoms with E-state index in [1.54, 1.807) is 0 Å². The van der Waals surface area contributed by atoms with Crippen LogP contribution in [-0.4, -0.2) is 13.2 Å². The van der Waals surface area contributed by atoms with Crippen molar-refractivity contribution in [2.45, 2.75) is 168 Å². The van der Waals surface area contributed by atoms with E-state index in [-0.39, 0.29) is 0 Å². The van der Waals surface area contributed by atoms with E-state index in [2.05, 4.69) is 13.8 Å². The Morgan fingerprint density at radius 3 is 0.774 bits per heavy atom. The average molecular weight is 443 g/mol. The molecule has 0 unspecified atom stereocenters. The summed E-state index contributed by atoms with van der Waals surface area (Å²) in [4.78, 5) is 10.2. The molecule has 0 rings (SSSR count). The summed E-state index contributed by atoms with van der Waals surface area (Å²) >= 11 is 0. The minimum Gasteiger partial charge on any atom is -0.206 e. The lowest BCUT2D eigenvalue weighted by atomic mass is 10.1. The highest BCUT2D eigenvalue weighted by Gasteiger charge is 1.96. The zero-order chi connectivity index (χ0) is 22.5. The van der Waals surface area contributed by atoms with E-state index < -0.39 is 0 Å². The van der Waals surface area contributed by atoms with Crippen molar-refractivity contribution in [2.75, 3.05) is 13.2 Å². The highest BCUT2D eigenvalue weighted by atomic mass is 17.5. The smallest absolute Gasteiger partial charge is 0.0853 e. The Morgan fingerprint density at radius 2 is 0.516 bits per heavy atom. The van der Waals surface area contributed by atoms with Gasteiger partial charge >= 0.3 is 0 Å². The van der Waals surface area contributed by atoms with Gasteiger partial charge in [-0.05, 0) is 12.8 Å². The van der Waals surface area contributed by atoms with Gasteiger partial charge in [-0.2, -0.15) is 0 Å². The van der Waals surface area contributed by atoms with Crippen LogP contribution in [0.1, 0.15) is 168 Å². The molecule has 0 aliphatic heterocycles. The van der Waals surface area contributed by atoms with Crippen molar-refractivity contribution < 1.29 is 14.8 Å². The quantitative estimate of drug-likeness (QED) is 0.0685. The number of rotatable bonds is 28.